The average Bonchev–Trinajstić information content (AvgIpc) is 2.65. The molecule has 18 heavy (non-hydrogen) atoms. The molecule has 5 nitrogen and oxygen atoms in total. The lowest BCUT2D eigenvalue weighted by Crippen LogP contribution is -2.05. The highest BCUT2D eigenvalue weighted by atomic mass is 127. The molecule has 3 rings (SSSR count). The monoisotopic (exact) mass is 355 g/mol. The van der Waals surface area contributed by atoms with Crippen LogP contribution < -0.4 is 0 Å². The minimum atomic E-state index is -0.0254. The van der Waals surface area contributed by atoms with E-state index in [1.807, 2.05) is 18.2 Å². The van der Waals surface area contributed by atoms with Crippen LogP contribution in [0.3, 0.4) is 0 Å². The normalized spacial score (nSPS) is 14.0. The van der Waals surface area contributed by atoms with E-state index in [-0.39, 0.29) is 12.4 Å². The van der Waals surface area contributed by atoms with Crippen molar-refractivity contribution in [3.8, 4) is 5.69 Å². The first-order valence-electron chi connectivity index (χ1n) is 5.54. The number of nitrogens with zero attached hydrogens (tertiary/aromatic N) is 3. The van der Waals surface area contributed by atoms with E-state index in [2.05, 4.69) is 32.9 Å². The topological polar surface area (TPSA) is 68.0 Å². The average molecular weight is 355 g/mol. The van der Waals surface area contributed by atoms with Crippen LogP contribution in [0.2, 0.25) is 0 Å². The summed E-state index contributed by atoms with van der Waals surface area (Å²) < 4.78 is 2.46. The van der Waals surface area contributed by atoms with E-state index >= 15 is 0 Å². The van der Waals surface area contributed by atoms with Gasteiger partial charge in [0.15, 0.2) is 0 Å². The van der Waals surface area contributed by atoms with Crippen molar-refractivity contribution in [2.75, 3.05) is 0 Å². The summed E-state index contributed by atoms with van der Waals surface area (Å²) >= 11 is 2.09. The summed E-state index contributed by atoms with van der Waals surface area (Å²) in [6, 6.07) is 5.57. The quantitative estimate of drug-likeness (QED) is 0.776. The minimum absolute atomic E-state index is 0.0254. The lowest BCUT2D eigenvalue weighted by Gasteiger charge is -2.08. The number of halogens is 1. The SMILES string of the molecule is O=C1Cc2ccc(CO)cc2-n2nnc(I)c2C1. The number of benzene rings is 1. The van der Waals surface area contributed by atoms with Gasteiger partial charge in [-0.25, -0.2) is 4.68 Å². The van der Waals surface area contributed by atoms with Crippen molar-refractivity contribution in [1.29, 1.82) is 0 Å². The molecule has 2 heterocycles. The molecule has 0 saturated carbocycles. The summed E-state index contributed by atoms with van der Waals surface area (Å²) in [6.07, 6.45) is 0.759. The minimum Gasteiger partial charge on any atom is -0.392 e. The lowest BCUT2D eigenvalue weighted by molar-refractivity contribution is -0.117. The Kier molecular flexibility index (Phi) is 2.90. The zero-order chi connectivity index (χ0) is 12.7. The van der Waals surface area contributed by atoms with Crippen LogP contribution >= 0.6 is 22.6 Å². The van der Waals surface area contributed by atoms with E-state index in [0.717, 1.165) is 26.2 Å². The molecule has 1 aliphatic rings. The fourth-order valence-electron chi connectivity index (χ4n) is 2.14. The largest absolute Gasteiger partial charge is 0.392 e. The Bertz CT molecular complexity index is 636. The van der Waals surface area contributed by atoms with Crippen LogP contribution in [0.1, 0.15) is 16.8 Å². The Morgan fingerprint density at radius 3 is 3.00 bits per heavy atom. The van der Waals surface area contributed by atoms with Gasteiger partial charge in [0.25, 0.3) is 0 Å². The number of fused-ring (bicyclic) bond motifs is 3. The van der Waals surface area contributed by atoms with Gasteiger partial charge in [-0.1, -0.05) is 17.3 Å². The van der Waals surface area contributed by atoms with E-state index in [1.165, 1.54) is 0 Å². The number of aliphatic hydroxyl groups is 1. The molecule has 1 aromatic carbocycles. The van der Waals surface area contributed by atoms with Crippen molar-refractivity contribution in [3.05, 3.63) is 38.7 Å². The number of Topliss-reactive ketones (excluding diaryl/α,β-unsaturated/α-hetero) is 1. The van der Waals surface area contributed by atoms with Gasteiger partial charge >= 0.3 is 0 Å². The van der Waals surface area contributed by atoms with Gasteiger partial charge in [0, 0.05) is 6.42 Å². The molecular formula is C12H10IN3O2. The Hall–Kier alpha value is -1.28. The van der Waals surface area contributed by atoms with Gasteiger partial charge in [-0.15, -0.1) is 5.10 Å². The second-order valence-corrected chi connectivity index (χ2v) is 5.27. The molecule has 6 heteroatoms. The zero-order valence-electron chi connectivity index (χ0n) is 9.43. The molecule has 0 spiro atoms. The predicted octanol–water partition coefficient (Wildman–Crippen LogP) is 1.03. The maximum atomic E-state index is 11.9. The van der Waals surface area contributed by atoms with E-state index in [4.69, 9.17) is 0 Å². The second-order valence-electron chi connectivity index (χ2n) is 4.25. The molecule has 1 aliphatic heterocycles. The van der Waals surface area contributed by atoms with Gasteiger partial charge in [0.2, 0.25) is 0 Å². The summed E-state index contributed by atoms with van der Waals surface area (Å²) in [5, 5.41) is 17.3. The molecule has 92 valence electrons. The molecular weight excluding hydrogens is 345 g/mol. The number of aliphatic hydroxyl groups excluding tert-OH is 1. The van der Waals surface area contributed by atoms with Crippen LogP contribution in [-0.4, -0.2) is 25.9 Å². The van der Waals surface area contributed by atoms with Crippen LogP contribution in [0.5, 0.6) is 0 Å². The number of hydrogen-bond acceptors (Lipinski definition) is 4. The van der Waals surface area contributed by atoms with Crippen LogP contribution in [-0.2, 0) is 24.2 Å². The maximum absolute atomic E-state index is 11.9. The first-order valence-corrected chi connectivity index (χ1v) is 6.61. The third-order valence-electron chi connectivity index (χ3n) is 3.03. The molecule has 0 saturated heterocycles. The summed E-state index contributed by atoms with van der Waals surface area (Å²) in [5.74, 6) is 0.159. The molecule has 0 unspecified atom stereocenters. The Balaban J connectivity index is 2.26. The summed E-state index contributed by atoms with van der Waals surface area (Å²) in [6.45, 7) is -0.0254. The Labute approximate surface area is 117 Å². The van der Waals surface area contributed by atoms with Gasteiger partial charge in [0.1, 0.15) is 9.48 Å². The van der Waals surface area contributed by atoms with Crippen LogP contribution in [0, 0.1) is 3.70 Å². The number of carbonyl (C=O) groups excluding carboxylic acids is 1. The molecule has 0 radical (unpaired) electrons. The standard InChI is InChI=1S/C12H10IN3O2/c13-12-11-5-9(18)4-8-2-1-7(6-17)3-10(8)16(11)15-14-12/h1-3,17H,4-6H2. The van der Waals surface area contributed by atoms with Crippen LogP contribution in [0.25, 0.3) is 5.69 Å². The molecule has 1 aromatic heterocycles. The first-order chi connectivity index (χ1) is 8.69. The van der Waals surface area contributed by atoms with E-state index in [9.17, 15) is 9.90 Å². The van der Waals surface area contributed by atoms with Crippen LogP contribution in [0.4, 0.5) is 0 Å². The van der Waals surface area contributed by atoms with Gasteiger partial charge in [-0.3, -0.25) is 4.79 Å². The summed E-state index contributed by atoms with van der Waals surface area (Å²) in [5.41, 5.74) is 3.41. The zero-order valence-corrected chi connectivity index (χ0v) is 11.6. The number of aromatic nitrogens is 3. The molecule has 0 aliphatic carbocycles. The number of hydrogen-bond donors (Lipinski definition) is 1. The highest BCUT2D eigenvalue weighted by molar-refractivity contribution is 14.1. The fourth-order valence-corrected chi connectivity index (χ4v) is 2.66. The molecule has 1 N–H and O–H groups in total. The van der Waals surface area contributed by atoms with Crippen molar-refractivity contribution in [1.82, 2.24) is 15.0 Å². The Morgan fingerprint density at radius 1 is 1.39 bits per heavy atom. The van der Waals surface area contributed by atoms with E-state index in [1.54, 1.807) is 4.68 Å². The molecule has 2 aromatic rings. The molecule has 0 amide bonds. The predicted molar refractivity (Wildman–Crippen MR) is 72.4 cm³/mol. The van der Waals surface area contributed by atoms with Crippen molar-refractivity contribution >= 4 is 28.4 Å². The van der Waals surface area contributed by atoms with Crippen molar-refractivity contribution in [3.63, 3.8) is 0 Å². The highest BCUT2D eigenvalue weighted by Crippen LogP contribution is 2.24. The molecule has 0 atom stereocenters. The summed E-state index contributed by atoms with van der Waals surface area (Å²) in [4.78, 5) is 11.9. The number of carbonyl (C=O) groups is 1. The number of ketones is 1. The maximum Gasteiger partial charge on any atom is 0.147 e. The van der Waals surface area contributed by atoms with Crippen molar-refractivity contribution in [2.24, 2.45) is 0 Å². The second kappa shape index (κ2) is 4.43. The van der Waals surface area contributed by atoms with Gasteiger partial charge in [-0.05, 0) is 39.8 Å². The van der Waals surface area contributed by atoms with E-state index in [0.29, 0.717) is 12.8 Å². The smallest absolute Gasteiger partial charge is 0.147 e. The van der Waals surface area contributed by atoms with Crippen molar-refractivity contribution in [2.45, 2.75) is 19.4 Å². The van der Waals surface area contributed by atoms with Crippen molar-refractivity contribution < 1.29 is 9.90 Å². The fraction of sp³-hybridized carbons (Fsp3) is 0.250. The molecule has 0 bridgehead atoms. The third kappa shape index (κ3) is 1.85. The van der Waals surface area contributed by atoms with Crippen LogP contribution in [0.15, 0.2) is 18.2 Å². The Morgan fingerprint density at radius 2 is 2.22 bits per heavy atom. The lowest BCUT2D eigenvalue weighted by atomic mass is 10.0. The van der Waals surface area contributed by atoms with Gasteiger partial charge in [0.05, 0.1) is 24.4 Å². The summed E-state index contributed by atoms with van der Waals surface area (Å²) in [7, 11) is 0. The van der Waals surface area contributed by atoms with Gasteiger partial charge in [-0.2, -0.15) is 0 Å². The first kappa shape index (κ1) is 11.8. The van der Waals surface area contributed by atoms with Gasteiger partial charge < -0.3 is 5.11 Å². The van der Waals surface area contributed by atoms with E-state index < -0.39 is 0 Å². The highest BCUT2D eigenvalue weighted by Gasteiger charge is 2.23. The third-order valence-corrected chi connectivity index (χ3v) is 3.87. The molecule has 0 fully saturated rings. The number of rotatable bonds is 1.